The SMILES string of the molecule is CS(=O)(=O)N(c1ncc2cc(Cc3ccccc3)c(=O)n(C3CCCC3)c2n1)C1CCNCC1. The van der Waals surface area contributed by atoms with E-state index in [4.69, 9.17) is 4.98 Å². The molecule has 0 unspecified atom stereocenters. The zero-order valence-corrected chi connectivity index (χ0v) is 20.3. The molecule has 3 aromatic rings. The van der Waals surface area contributed by atoms with Crippen LogP contribution in [0, 0.1) is 0 Å². The van der Waals surface area contributed by atoms with Crippen molar-refractivity contribution in [1.29, 1.82) is 0 Å². The molecule has 9 heteroatoms. The van der Waals surface area contributed by atoms with Crippen molar-refractivity contribution in [3.8, 4) is 0 Å². The van der Waals surface area contributed by atoms with Gasteiger partial charge in [-0.25, -0.2) is 17.7 Å². The maximum atomic E-state index is 13.7. The van der Waals surface area contributed by atoms with Crippen LogP contribution in [0.1, 0.15) is 55.7 Å². The molecule has 0 radical (unpaired) electrons. The van der Waals surface area contributed by atoms with Crippen molar-refractivity contribution < 1.29 is 8.42 Å². The monoisotopic (exact) mass is 481 g/mol. The van der Waals surface area contributed by atoms with Gasteiger partial charge in [-0.3, -0.25) is 9.36 Å². The Labute approximate surface area is 200 Å². The Hall–Kier alpha value is -2.78. The van der Waals surface area contributed by atoms with Crippen LogP contribution in [0.2, 0.25) is 0 Å². The third-order valence-corrected chi connectivity index (χ3v) is 8.13. The molecule has 0 atom stereocenters. The van der Waals surface area contributed by atoms with E-state index in [0.29, 0.717) is 30.5 Å². The van der Waals surface area contributed by atoms with E-state index in [2.05, 4.69) is 10.3 Å². The smallest absolute Gasteiger partial charge is 0.256 e. The van der Waals surface area contributed by atoms with Gasteiger partial charge in [-0.2, -0.15) is 4.98 Å². The number of pyridine rings is 1. The second-order valence-electron chi connectivity index (χ2n) is 9.43. The van der Waals surface area contributed by atoms with E-state index < -0.39 is 10.0 Å². The van der Waals surface area contributed by atoms with Crippen molar-refractivity contribution in [2.45, 2.75) is 57.0 Å². The number of nitrogens with one attached hydrogen (secondary N) is 1. The quantitative estimate of drug-likeness (QED) is 0.581. The first kappa shape index (κ1) is 23.0. The van der Waals surface area contributed by atoms with Gasteiger partial charge in [0.15, 0.2) is 0 Å². The summed E-state index contributed by atoms with van der Waals surface area (Å²) < 4.78 is 28.7. The van der Waals surface area contributed by atoms with Gasteiger partial charge in [-0.15, -0.1) is 0 Å². The van der Waals surface area contributed by atoms with Crippen LogP contribution in [0.25, 0.3) is 11.0 Å². The summed E-state index contributed by atoms with van der Waals surface area (Å²) in [7, 11) is -3.58. The van der Waals surface area contributed by atoms with Crippen molar-refractivity contribution in [2.75, 3.05) is 23.7 Å². The Kier molecular flexibility index (Phi) is 6.40. The van der Waals surface area contributed by atoms with E-state index in [9.17, 15) is 13.2 Å². The molecule has 1 saturated carbocycles. The summed E-state index contributed by atoms with van der Waals surface area (Å²) in [6.45, 7) is 1.50. The third-order valence-electron chi connectivity index (χ3n) is 6.96. The van der Waals surface area contributed by atoms with Crippen LogP contribution in [0.4, 0.5) is 5.95 Å². The van der Waals surface area contributed by atoms with Crippen molar-refractivity contribution in [1.82, 2.24) is 19.9 Å². The van der Waals surface area contributed by atoms with Crippen LogP contribution < -0.4 is 15.2 Å². The zero-order chi connectivity index (χ0) is 23.7. The molecule has 5 rings (SSSR count). The summed E-state index contributed by atoms with van der Waals surface area (Å²) in [5, 5.41) is 4.04. The normalized spacial score (nSPS) is 17.9. The largest absolute Gasteiger partial charge is 0.317 e. The highest BCUT2D eigenvalue weighted by Crippen LogP contribution is 2.32. The number of anilines is 1. The molecule has 0 bridgehead atoms. The van der Waals surface area contributed by atoms with Gasteiger partial charge in [0, 0.05) is 29.6 Å². The third kappa shape index (κ3) is 4.59. The number of piperidine rings is 1. The molecule has 3 heterocycles. The molecule has 1 saturated heterocycles. The van der Waals surface area contributed by atoms with Gasteiger partial charge >= 0.3 is 0 Å². The van der Waals surface area contributed by atoms with Gasteiger partial charge in [0.05, 0.1) is 12.3 Å². The summed E-state index contributed by atoms with van der Waals surface area (Å²) in [5.74, 6) is 0.156. The van der Waals surface area contributed by atoms with E-state index in [-0.39, 0.29) is 23.6 Å². The minimum absolute atomic E-state index is 0.0410. The minimum atomic E-state index is -3.58. The fraction of sp³-hybridized carbons (Fsp3) is 0.480. The van der Waals surface area contributed by atoms with Crippen LogP contribution >= 0.6 is 0 Å². The van der Waals surface area contributed by atoms with E-state index in [1.54, 1.807) is 6.20 Å². The van der Waals surface area contributed by atoms with Crippen LogP contribution in [0.15, 0.2) is 47.4 Å². The van der Waals surface area contributed by atoms with Gasteiger partial charge in [-0.1, -0.05) is 43.2 Å². The Morgan fingerprint density at radius 2 is 1.79 bits per heavy atom. The highest BCUT2D eigenvalue weighted by Gasteiger charge is 2.31. The number of fused-ring (bicyclic) bond motifs is 1. The van der Waals surface area contributed by atoms with Crippen molar-refractivity contribution in [3.63, 3.8) is 0 Å². The average molecular weight is 482 g/mol. The molecule has 0 spiro atoms. The highest BCUT2D eigenvalue weighted by molar-refractivity contribution is 7.92. The summed E-state index contributed by atoms with van der Waals surface area (Å²) in [6, 6.07) is 11.7. The van der Waals surface area contributed by atoms with Crippen molar-refractivity contribution in [3.05, 3.63) is 64.1 Å². The number of hydrogen-bond donors (Lipinski definition) is 1. The number of rotatable bonds is 6. The first-order chi connectivity index (χ1) is 16.4. The summed E-state index contributed by atoms with van der Waals surface area (Å²) >= 11 is 0. The fourth-order valence-electron chi connectivity index (χ4n) is 5.34. The molecule has 34 heavy (non-hydrogen) atoms. The Balaban J connectivity index is 1.65. The van der Waals surface area contributed by atoms with E-state index in [1.165, 1.54) is 10.6 Å². The molecule has 2 aliphatic rings. The van der Waals surface area contributed by atoms with Gasteiger partial charge < -0.3 is 5.32 Å². The Morgan fingerprint density at radius 3 is 2.47 bits per heavy atom. The fourth-order valence-corrected chi connectivity index (χ4v) is 6.48. The van der Waals surface area contributed by atoms with Crippen LogP contribution in [-0.4, -0.2) is 48.3 Å². The minimum Gasteiger partial charge on any atom is -0.317 e. The second kappa shape index (κ2) is 9.46. The Bertz CT molecular complexity index is 1330. The van der Waals surface area contributed by atoms with Crippen molar-refractivity contribution in [2.24, 2.45) is 0 Å². The van der Waals surface area contributed by atoms with Gasteiger partial charge in [0.25, 0.3) is 5.56 Å². The lowest BCUT2D eigenvalue weighted by atomic mass is 10.0. The van der Waals surface area contributed by atoms with Gasteiger partial charge in [0.2, 0.25) is 16.0 Å². The van der Waals surface area contributed by atoms with E-state index >= 15 is 0 Å². The molecule has 8 nitrogen and oxygen atoms in total. The average Bonchev–Trinajstić information content (AvgIpc) is 3.35. The van der Waals surface area contributed by atoms with Crippen LogP contribution in [0.5, 0.6) is 0 Å². The topological polar surface area (TPSA) is 97.2 Å². The molecule has 1 N–H and O–H groups in total. The summed E-state index contributed by atoms with van der Waals surface area (Å²) in [4.78, 5) is 23.0. The number of benzene rings is 1. The maximum absolute atomic E-state index is 13.7. The zero-order valence-electron chi connectivity index (χ0n) is 19.5. The summed E-state index contributed by atoms with van der Waals surface area (Å²) in [5.41, 5.74) is 2.27. The van der Waals surface area contributed by atoms with Crippen LogP contribution in [-0.2, 0) is 16.4 Å². The maximum Gasteiger partial charge on any atom is 0.256 e. The first-order valence-electron chi connectivity index (χ1n) is 12.1. The molecule has 180 valence electrons. The number of aromatic nitrogens is 3. The van der Waals surface area contributed by atoms with Gasteiger partial charge in [-0.05, 0) is 50.4 Å². The molecule has 2 aromatic heterocycles. The number of nitrogens with zero attached hydrogens (tertiary/aromatic N) is 4. The molecule has 1 aliphatic heterocycles. The number of hydrogen-bond acceptors (Lipinski definition) is 6. The predicted octanol–water partition coefficient (Wildman–Crippen LogP) is 3.02. The van der Waals surface area contributed by atoms with E-state index in [1.807, 2.05) is 41.0 Å². The molecule has 0 amide bonds. The lowest BCUT2D eigenvalue weighted by molar-refractivity contribution is 0.451. The van der Waals surface area contributed by atoms with Crippen molar-refractivity contribution >= 4 is 27.0 Å². The highest BCUT2D eigenvalue weighted by atomic mass is 32.2. The Morgan fingerprint density at radius 1 is 1.09 bits per heavy atom. The lowest BCUT2D eigenvalue weighted by Gasteiger charge is -2.32. The number of sulfonamides is 1. The van der Waals surface area contributed by atoms with E-state index in [0.717, 1.165) is 49.7 Å². The molecule has 2 fully saturated rings. The van der Waals surface area contributed by atoms with Gasteiger partial charge in [0.1, 0.15) is 5.65 Å². The predicted molar refractivity (Wildman–Crippen MR) is 134 cm³/mol. The molecular formula is C25H31N5O3S. The molecular weight excluding hydrogens is 450 g/mol. The molecule has 1 aliphatic carbocycles. The van der Waals surface area contributed by atoms with Crippen LogP contribution in [0.3, 0.4) is 0 Å². The standard InChI is InChI=1S/C25H31N5O3S/c1-34(32,33)30(22-11-13-26-14-12-22)25-27-17-20-16-19(15-18-7-3-2-4-8-18)24(31)29(23(20)28-25)21-9-5-6-10-21/h2-4,7-8,16-17,21-22,26H,5-6,9-15H2,1H3. The summed E-state index contributed by atoms with van der Waals surface area (Å²) in [6.07, 6.45) is 8.80. The lowest BCUT2D eigenvalue weighted by Crippen LogP contribution is -2.46. The second-order valence-corrected chi connectivity index (χ2v) is 11.3. The molecule has 1 aromatic carbocycles. The first-order valence-corrected chi connectivity index (χ1v) is 13.9.